The van der Waals surface area contributed by atoms with Gasteiger partial charge in [-0.1, -0.05) is 13.3 Å². The molecule has 0 radical (unpaired) electrons. The first-order valence-corrected chi connectivity index (χ1v) is 7.35. The number of nitrogens with zero attached hydrogens (tertiary/aromatic N) is 2. The Balaban J connectivity index is 1.88. The van der Waals surface area contributed by atoms with Crippen molar-refractivity contribution in [2.75, 3.05) is 26.3 Å². The summed E-state index contributed by atoms with van der Waals surface area (Å²) in [5.74, 6) is 0.194. The van der Waals surface area contributed by atoms with Crippen LogP contribution in [0.2, 0.25) is 0 Å². The number of unbranched alkanes of at least 4 members (excludes halogenated alkanes) is 1. The van der Waals surface area contributed by atoms with E-state index in [0.29, 0.717) is 13.2 Å². The van der Waals surface area contributed by atoms with Gasteiger partial charge in [0.25, 0.3) is 0 Å². The largest absolute Gasteiger partial charge is 0.380 e. The third-order valence-corrected chi connectivity index (χ3v) is 4.05. The standard InChI is InChI=1S/C14H24N2O3/c1-3-4-9-19-10-8-15-11(2)13(17)16-7-5-6-12(16)14(15)18/h11-12H,3-10H2,1-2H3. The zero-order valence-electron chi connectivity index (χ0n) is 11.9. The predicted molar refractivity (Wildman–Crippen MR) is 71.6 cm³/mol. The van der Waals surface area contributed by atoms with Gasteiger partial charge in [-0.25, -0.2) is 0 Å². The molecular weight excluding hydrogens is 244 g/mol. The summed E-state index contributed by atoms with van der Waals surface area (Å²) >= 11 is 0. The molecular formula is C14H24N2O3. The van der Waals surface area contributed by atoms with Crippen LogP contribution in [0.5, 0.6) is 0 Å². The highest BCUT2D eigenvalue weighted by molar-refractivity contribution is 5.97. The number of fused-ring (bicyclic) bond motifs is 1. The highest BCUT2D eigenvalue weighted by atomic mass is 16.5. The molecule has 0 spiro atoms. The van der Waals surface area contributed by atoms with Gasteiger partial charge in [0.15, 0.2) is 0 Å². The van der Waals surface area contributed by atoms with Gasteiger partial charge in [-0.15, -0.1) is 0 Å². The van der Waals surface area contributed by atoms with Crippen LogP contribution in [0.15, 0.2) is 0 Å². The molecule has 0 aromatic heterocycles. The van der Waals surface area contributed by atoms with Gasteiger partial charge >= 0.3 is 0 Å². The van der Waals surface area contributed by atoms with Crippen LogP contribution in [0, 0.1) is 0 Å². The van der Waals surface area contributed by atoms with Gasteiger partial charge in [-0.05, 0) is 26.2 Å². The molecule has 0 saturated carbocycles. The molecule has 0 bridgehead atoms. The fourth-order valence-corrected chi connectivity index (χ4v) is 2.86. The van der Waals surface area contributed by atoms with Crippen LogP contribution in [0.4, 0.5) is 0 Å². The van der Waals surface area contributed by atoms with Crippen LogP contribution in [-0.4, -0.2) is 60.0 Å². The molecule has 2 unspecified atom stereocenters. The second-order valence-electron chi connectivity index (χ2n) is 5.36. The number of hydrogen-bond acceptors (Lipinski definition) is 3. The molecule has 5 heteroatoms. The minimum absolute atomic E-state index is 0.0932. The second kappa shape index (κ2) is 6.37. The van der Waals surface area contributed by atoms with Crippen molar-refractivity contribution in [3.63, 3.8) is 0 Å². The molecule has 2 saturated heterocycles. The van der Waals surface area contributed by atoms with E-state index in [4.69, 9.17) is 4.74 Å². The Bertz CT molecular complexity index is 346. The van der Waals surface area contributed by atoms with Crippen molar-refractivity contribution in [2.45, 2.75) is 51.6 Å². The maximum atomic E-state index is 12.4. The van der Waals surface area contributed by atoms with E-state index in [-0.39, 0.29) is 23.9 Å². The fourth-order valence-electron chi connectivity index (χ4n) is 2.86. The van der Waals surface area contributed by atoms with Crippen LogP contribution in [0.3, 0.4) is 0 Å². The molecule has 19 heavy (non-hydrogen) atoms. The number of amides is 2. The maximum absolute atomic E-state index is 12.4. The van der Waals surface area contributed by atoms with Gasteiger partial charge in [-0.2, -0.15) is 0 Å². The number of hydrogen-bond donors (Lipinski definition) is 0. The van der Waals surface area contributed by atoms with E-state index in [1.807, 2.05) is 6.92 Å². The van der Waals surface area contributed by atoms with E-state index < -0.39 is 0 Å². The van der Waals surface area contributed by atoms with E-state index in [1.54, 1.807) is 9.80 Å². The van der Waals surface area contributed by atoms with E-state index in [9.17, 15) is 9.59 Å². The molecule has 5 nitrogen and oxygen atoms in total. The van der Waals surface area contributed by atoms with Crippen molar-refractivity contribution >= 4 is 11.8 Å². The summed E-state index contributed by atoms with van der Waals surface area (Å²) in [5, 5.41) is 0. The normalized spacial score (nSPS) is 27.1. The predicted octanol–water partition coefficient (Wildman–Crippen LogP) is 1.02. The quantitative estimate of drug-likeness (QED) is 0.676. The number of carbonyl (C=O) groups is 2. The van der Waals surface area contributed by atoms with Gasteiger partial charge < -0.3 is 14.5 Å². The van der Waals surface area contributed by atoms with Crippen LogP contribution >= 0.6 is 0 Å². The Hall–Kier alpha value is -1.10. The van der Waals surface area contributed by atoms with E-state index in [0.717, 1.165) is 38.8 Å². The lowest BCUT2D eigenvalue weighted by atomic mass is 10.1. The number of ether oxygens (including phenoxy) is 1. The zero-order chi connectivity index (χ0) is 13.8. The third kappa shape index (κ3) is 2.91. The number of piperazine rings is 1. The molecule has 2 aliphatic heterocycles. The maximum Gasteiger partial charge on any atom is 0.246 e. The van der Waals surface area contributed by atoms with Crippen LogP contribution < -0.4 is 0 Å². The molecule has 0 aliphatic carbocycles. The van der Waals surface area contributed by atoms with Crippen LogP contribution in [0.1, 0.15) is 39.5 Å². The third-order valence-electron chi connectivity index (χ3n) is 4.05. The molecule has 2 heterocycles. The molecule has 2 rings (SSSR count). The van der Waals surface area contributed by atoms with E-state index >= 15 is 0 Å². The average Bonchev–Trinajstić information content (AvgIpc) is 2.89. The van der Waals surface area contributed by atoms with Gasteiger partial charge in [0.1, 0.15) is 12.1 Å². The summed E-state index contributed by atoms with van der Waals surface area (Å²) in [7, 11) is 0. The van der Waals surface area contributed by atoms with Crippen LogP contribution in [0.25, 0.3) is 0 Å². The monoisotopic (exact) mass is 268 g/mol. The summed E-state index contributed by atoms with van der Waals surface area (Å²) < 4.78 is 5.50. The van der Waals surface area contributed by atoms with Gasteiger partial charge in [-0.3, -0.25) is 9.59 Å². The Morgan fingerprint density at radius 2 is 2.05 bits per heavy atom. The van der Waals surface area contributed by atoms with E-state index in [2.05, 4.69) is 6.92 Å². The van der Waals surface area contributed by atoms with Crippen molar-refractivity contribution in [1.29, 1.82) is 0 Å². The molecule has 2 aliphatic rings. The number of rotatable bonds is 6. The van der Waals surface area contributed by atoms with Crippen LogP contribution in [-0.2, 0) is 14.3 Å². The van der Waals surface area contributed by atoms with Gasteiger partial charge in [0.05, 0.1) is 6.61 Å². The van der Waals surface area contributed by atoms with Gasteiger partial charge in [0.2, 0.25) is 11.8 Å². The molecule has 108 valence electrons. The molecule has 2 fully saturated rings. The molecule has 0 aromatic rings. The molecule has 0 aromatic carbocycles. The first-order chi connectivity index (χ1) is 9.16. The molecule has 0 N–H and O–H groups in total. The van der Waals surface area contributed by atoms with Crippen molar-refractivity contribution < 1.29 is 14.3 Å². The lowest BCUT2D eigenvalue weighted by molar-refractivity contribution is -0.159. The smallest absolute Gasteiger partial charge is 0.246 e. The Kier molecular flexibility index (Phi) is 4.80. The lowest BCUT2D eigenvalue weighted by Crippen LogP contribution is -2.62. The van der Waals surface area contributed by atoms with Gasteiger partial charge in [0, 0.05) is 19.7 Å². The Morgan fingerprint density at radius 1 is 1.26 bits per heavy atom. The molecule has 2 amide bonds. The first kappa shape index (κ1) is 14.3. The summed E-state index contributed by atoms with van der Waals surface area (Å²) in [4.78, 5) is 28.0. The highest BCUT2D eigenvalue weighted by Gasteiger charge is 2.45. The Morgan fingerprint density at radius 3 is 2.79 bits per heavy atom. The minimum Gasteiger partial charge on any atom is -0.380 e. The van der Waals surface area contributed by atoms with Crippen molar-refractivity contribution in [2.24, 2.45) is 0 Å². The number of carbonyl (C=O) groups excluding carboxylic acids is 2. The fraction of sp³-hybridized carbons (Fsp3) is 0.857. The SMILES string of the molecule is CCCCOCCN1C(=O)C2CCCN2C(=O)C1C. The topological polar surface area (TPSA) is 49.9 Å². The lowest BCUT2D eigenvalue weighted by Gasteiger charge is -2.40. The first-order valence-electron chi connectivity index (χ1n) is 7.35. The minimum atomic E-state index is -0.336. The zero-order valence-corrected chi connectivity index (χ0v) is 11.9. The summed E-state index contributed by atoms with van der Waals surface area (Å²) in [6.07, 6.45) is 3.90. The highest BCUT2D eigenvalue weighted by Crippen LogP contribution is 2.26. The van der Waals surface area contributed by atoms with Crippen molar-refractivity contribution in [3.05, 3.63) is 0 Å². The average molecular weight is 268 g/mol. The summed E-state index contributed by atoms with van der Waals surface area (Å²) in [6.45, 7) is 6.46. The molecule has 2 atom stereocenters. The van der Waals surface area contributed by atoms with E-state index in [1.165, 1.54) is 0 Å². The summed E-state index contributed by atoms with van der Waals surface area (Å²) in [5.41, 5.74) is 0. The van der Waals surface area contributed by atoms with Crippen molar-refractivity contribution in [3.8, 4) is 0 Å². The summed E-state index contributed by atoms with van der Waals surface area (Å²) in [6, 6.07) is -0.545. The van der Waals surface area contributed by atoms with Crippen molar-refractivity contribution in [1.82, 2.24) is 9.80 Å². The second-order valence-corrected chi connectivity index (χ2v) is 5.36. The Labute approximate surface area is 114 Å².